The van der Waals surface area contributed by atoms with E-state index >= 15 is 0 Å². The molecular formula is C25H46O2. The smallest absolute Gasteiger partial charge is 0.185 e. The lowest BCUT2D eigenvalue weighted by Gasteiger charge is -2.33. The lowest BCUT2D eigenvalue weighted by molar-refractivity contribution is -0.235. The first-order valence-corrected chi connectivity index (χ1v) is 11.1. The maximum Gasteiger partial charge on any atom is 0.185 e. The van der Waals surface area contributed by atoms with Crippen LogP contribution in [-0.2, 0) is 9.47 Å². The molecule has 0 heterocycles. The van der Waals surface area contributed by atoms with Crippen LogP contribution in [0.25, 0.3) is 0 Å². The lowest BCUT2D eigenvalue weighted by atomic mass is 10.1. The third-order valence-corrected chi connectivity index (χ3v) is 4.67. The molecule has 0 aliphatic heterocycles. The van der Waals surface area contributed by atoms with E-state index in [1.165, 1.54) is 36.8 Å². The van der Waals surface area contributed by atoms with Crippen LogP contribution >= 0.6 is 0 Å². The van der Waals surface area contributed by atoms with Crippen LogP contribution in [0.1, 0.15) is 107 Å². The van der Waals surface area contributed by atoms with E-state index in [1.807, 2.05) is 0 Å². The van der Waals surface area contributed by atoms with E-state index in [1.54, 1.807) is 0 Å². The van der Waals surface area contributed by atoms with Gasteiger partial charge in [-0.15, -0.1) is 0 Å². The molecule has 0 N–H and O–H groups in total. The predicted molar refractivity (Wildman–Crippen MR) is 120 cm³/mol. The first-order chi connectivity index (χ1) is 12.7. The van der Waals surface area contributed by atoms with E-state index in [0.29, 0.717) is 0 Å². The second-order valence-corrected chi connectivity index (χ2v) is 8.35. The molecule has 0 aliphatic carbocycles. The molecule has 2 heteroatoms. The Morgan fingerprint density at radius 2 is 1.44 bits per heavy atom. The highest BCUT2D eigenvalue weighted by Crippen LogP contribution is 2.23. The first-order valence-electron chi connectivity index (χ1n) is 11.1. The Bertz CT molecular complexity index is 439. The van der Waals surface area contributed by atoms with Crippen molar-refractivity contribution in [3.8, 4) is 0 Å². The van der Waals surface area contributed by atoms with Crippen molar-refractivity contribution in [3.63, 3.8) is 0 Å². The number of unbranched alkanes of at least 4 members (excludes halogenated alkanes) is 2. The number of ether oxygens (including phenoxy) is 2. The van der Waals surface area contributed by atoms with Gasteiger partial charge in [-0.05, 0) is 73.3 Å². The maximum absolute atomic E-state index is 6.34. The van der Waals surface area contributed by atoms with Gasteiger partial charge < -0.3 is 9.47 Å². The highest BCUT2D eigenvalue weighted by molar-refractivity contribution is 5.14. The minimum Gasteiger partial charge on any atom is -0.344 e. The summed E-state index contributed by atoms with van der Waals surface area (Å²) in [5.74, 6) is -0.670. The molecule has 0 aromatic carbocycles. The summed E-state index contributed by atoms with van der Waals surface area (Å²) in [6.45, 7) is 17.3. The molecular weight excluding hydrogens is 332 g/mol. The van der Waals surface area contributed by atoms with Crippen LogP contribution in [0.15, 0.2) is 35.5 Å². The van der Waals surface area contributed by atoms with Crippen molar-refractivity contribution in [3.05, 3.63) is 35.5 Å². The predicted octanol–water partition coefficient (Wildman–Crippen LogP) is 8.14. The summed E-state index contributed by atoms with van der Waals surface area (Å²) in [5, 5.41) is 0. The van der Waals surface area contributed by atoms with E-state index in [0.717, 1.165) is 25.7 Å². The van der Waals surface area contributed by atoms with Gasteiger partial charge in [-0.25, -0.2) is 0 Å². The van der Waals surface area contributed by atoms with Gasteiger partial charge in [0.15, 0.2) is 5.79 Å². The van der Waals surface area contributed by atoms with Gasteiger partial charge in [-0.2, -0.15) is 0 Å². The lowest BCUT2D eigenvalue weighted by Crippen LogP contribution is -2.37. The fraction of sp³-hybridized carbons (Fsp3) is 0.760. The second kappa shape index (κ2) is 15.1. The first kappa shape index (κ1) is 26.1. The van der Waals surface area contributed by atoms with Gasteiger partial charge in [0.2, 0.25) is 0 Å². The van der Waals surface area contributed by atoms with Crippen molar-refractivity contribution in [1.29, 1.82) is 0 Å². The number of allylic oxidation sites excluding steroid dienone is 5. The van der Waals surface area contributed by atoms with Crippen LogP contribution in [-0.4, -0.2) is 18.0 Å². The van der Waals surface area contributed by atoms with Crippen LogP contribution < -0.4 is 0 Å². The van der Waals surface area contributed by atoms with E-state index < -0.39 is 5.79 Å². The van der Waals surface area contributed by atoms with Gasteiger partial charge in [0, 0.05) is 0 Å². The summed E-state index contributed by atoms with van der Waals surface area (Å²) in [4.78, 5) is 0. The van der Waals surface area contributed by atoms with Crippen LogP contribution in [0.3, 0.4) is 0 Å². The van der Waals surface area contributed by atoms with E-state index in [9.17, 15) is 0 Å². The Balaban J connectivity index is 4.96. The Morgan fingerprint density at radius 3 is 1.89 bits per heavy atom. The zero-order chi connectivity index (χ0) is 20.7. The van der Waals surface area contributed by atoms with Gasteiger partial charge in [0.25, 0.3) is 0 Å². The van der Waals surface area contributed by atoms with Gasteiger partial charge in [-0.1, -0.05) is 68.9 Å². The summed E-state index contributed by atoms with van der Waals surface area (Å²) in [6.07, 6.45) is 18.2. The second-order valence-electron chi connectivity index (χ2n) is 8.35. The fourth-order valence-corrected chi connectivity index (χ4v) is 3.07. The fourth-order valence-electron chi connectivity index (χ4n) is 3.07. The largest absolute Gasteiger partial charge is 0.344 e. The van der Waals surface area contributed by atoms with Gasteiger partial charge in [0.05, 0.1) is 12.2 Å². The van der Waals surface area contributed by atoms with Gasteiger partial charge in [-0.3, -0.25) is 0 Å². The average Bonchev–Trinajstić information content (AvgIpc) is 2.57. The molecule has 2 unspecified atom stereocenters. The number of hydrogen-bond donors (Lipinski definition) is 0. The Labute approximate surface area is 170 Å². The Hall–Kier alpha value is -0.860. The molecule has 27 heavy (non-hydrogen) atoms. The summed E-state index contributed by atoms with van der Waals surface area (Å²) in [5.41, 5.74) is 2.76. The van der Waals surface area contributed by atoms with Crippen LogP contribution in [0, 0.1) is 0 Å². The molecule has 0 fully saturated rings. The standard InChI is InChI=1S/C25H46O2/c1-9-11-18-23(6)26-25(8,27-24(7)19-12-10-2)20-14-17-22(5)16-13-15-21(3)4/h14-15,17,20,23-24H,9-13,16,18-19H2,1-8H3. The number of hydrogen-bond acceptors (Lipinski definition) is 2. The van der Waals surface area contributed by atoms with Crippen molar-refractivity contribution < 1.29 is 9.47 Å². The molecule has 0 aromatic rings. The van der Waals surface area contributed by atoms with Crippen molar-refractivity contribution in [1.82, 2.24) is 0 Å². The third kappa shape index (κ3) is 14.8. The molecule has 158 valence electrons. The Kier molecular flexibility index (Phi) is 14.6. The van der Waals surface area contributed by atoms with Crippen molar-refractivity contribution in [2.24, 2.45) is 0 Å². The highest BCUT2D eigenvalue weighted by Gasteiger charge is 2.27. The topological polar surface area (TPSA) is 18.5 Å². The van der Waals surface area contributed by atoms with Crippen molar-refractivity contribution in [2.75, 3.05) is 0 Å². The monoisotopic (exact) mass is 378 g/mol. The maximum atomic E-state index is 6.34. The normalized spacial score (nSPS) is 17.0. The Morgan fingerprint density at radius 1 is 0.926 bits per heavy atom. The molecule has 0 amide bonds. The van der Waals surface area contributed by atoms with Crippen LogP contribution in [0.4, 0.5) is 0 Å². The van der Waals surface area contributed by atoms with E-state index in [2.05, 4.69) is 79.7 Å². The average molecular weight is 379 g/mol. The summed E-state index contributed by atoms with van der Waals surface area (Å²) in [7, 11) is 0. The zero-order valence-electron chi connectivity index (χ0n) is 19.4. The molecule has 0 saturated heterocycles. The van der Waals surface area contributed by atoms with E-state index in [4.69, 9.17) is 9.47 Å². The van der Waals surface area contributed by atoms with Gasteiger partial charge >= 0.3 is 0 Å². The molecule has 2 nitrogen and oxygen atoms in total. The van der Waals surface area contributed by atoms with Gasteiger partial charge in [0.1, 0.15) is 0 Å². The number of rotatable bonds is 15. The highest BCUT2D eigenvalue weighted by atomic mass is 16.7. The minimum absolute atomic E-state index is 0.195. The summed E-state index contributed by atoms with van der Waals surface area (Å²) in [6, 6.07) is 0. The molecule has 0 aromatic heterocycles. The third-order valence-electron chi connectivity index (χ3n) is 4.67. The molecule has 0 aliphatic rings. The summed E-state index contributed by atoms with van der Waals surface area (Å²) >= 11 is 0. The molecule has 2 atom stereocenters. The van der Waals surface area contributed by atoms with E-state index in [-0.39, 0.29) is 12.2 Å². The molecule has 0 radical (unpaired) electrons. The molecule has 0 rings (SSSR count). The summed E-state index contributed by atoms with van der Waals surface area (Å²) < 4.78 is 12.7. The molecule has 0 bridgehead atoms. The van der Waals surface area contributed by atoms with Crippen molar-refractivity contribution >= 4 is 0 Å². The molecule has 0 saturated carbocycles. The minimum atomic E-state index is -0.670. The quantitative estimate of drug-likeness (QED) is 0.163. The van der Waals surface area contributed by atoms with Crippen molar-refractivity contribution in [2.45, 2.75) is 125 Å². The molecule has 0 spiro atoms. The zero-order valence-corrected chi connectivity index (χ0v) is 19.4. The van der Waals surface area contributed by atoms with Crippen LogP contribution in [0.5, 0.6) is 0 Å². The SMILES string of the molecule is CCCCC(C)OC(C)(C=CC=C(C)CCC=C(C)C)OC(C)CCCC. The van der Waals surface area contributed by atoms with Crippen LogP contribution in [0.2, 0.25) is 0 Å².